The number of carbonyl (C=O) groups is 2. The lowest BCUT2D eigenvalue weighted by Crippen LogP contribution is -2.45. The van der Waals surface area contributed by atoms with Crippen molar-refractivity contribution in [3.63, 3.8) is 0 Å². The van der Waals surface area contributed by atoms with E-state index in [0.717, 1.165) is 36.8 Å². The van der Waals surface area contributed by atoms with Crippen LogP contribution in [0.4, 0.5) is 5.69 Å². The second-order valence-corrected chi connectivity index (χ2v) is 11.4. The van der Waals surface area contributed by atoms with E-state index in [1.54, 1.807) is 0 Å². The van der Waals surface area contributed by atoms with E-state index in [2.05, 4.69) is 28.8 Å². The van der Waals surface area contributed by atoms with E-state index in [0.29, 0.717) is 19.3 Å². The molecule has 164 valence electrons. The van der Waals surface area contributed by atoms with Crippen LogP contribution in [-0.4, -0.2) is 37.8 Å². The van der Waals surface area contributed by atoms with Gasteiger partial charge in [-0.05, 0) is 54.7 Å². The van der Waals surface area contributed by atoms with E-state index in [9.17, 15) is 18.0 Å². The number of sulfone groups is 1. The fourth-order valence-electron chi connectivity index (χ4n) is 5.56. The van der Waals surface area contributed by atoms with Crippen LogP contribution >= 0.6 is 0 Å². The van der Waals surface area contributed by atoms with Crippen LogP contribution < -0.4 is 10.6 Å². The van der Waals surface area contributed by atoms with Gasteiger partial charge in [-0.25, -0.2) is 8.42 Å². The normalized spacial score (nSPS) is 26.6. The van der Waals surface area contributed by atoms with E-state index in [4.69, 9.17) is 0 Å². The third kappa shape index (κ3) is 3.95. The number of hydrogen-bond donors (Lipinski definition) is 2. The quantitative estimate of drug-likeness (QED) is 0.765. The molecule has 3 unspecified atom stereocenters. The first-order chi connectivity index (χ1) is 14.9. The molecule has 2 amide bonds. The number of amides is 2. The number of benzene rings is 2. The first-order valence-electron chi connectivity index (χ1n) is 11.3. The molecule has 2 aromatic carbocycles. The molecule has 7 heteroatoms. The Kier molecular flexibility index (Phi) is 5.24. The highest BCUT2D eigenvalue weighted by molar-refractivity contribution is 7.91. The number of hydrogen-bond acceptors (Lipinski definition) is 4. The molecule has 1 saturated carbocycles. The summed E-state index contributed by atoms with van der Waals surface area (Å²) in [6.45, 7) is 0. The lowest BCUT2D eigenvalue weighted by atomic mass is 9.78. The molecule has 1 heterocycles. The summed E-state index contributed by atoms with van der Waals surface area (Å²) < 4.78 is 23.4. The topological polar surface area (TPSA) is 92.3 Å². The summed E-state index contributed by atoms with van der Waals surface area (Å²) in [5, 5.41) is 8.34. The van der Waals surface area contributed by atoms with Gasteiger partial charge in [-0.15, -0.1) is 0 Å². The fraction of sp³-hybridized carbons (Fsp3) is 0.500. The van der Waals surface area contributed by atoms with Crippen LogP contribution in [0.1, 0.15) is 43.2 Å². The first-order valence-corrected chi connectivity index (χ1v) is 13.1. The van der Waals surface area contributed by atoms with Crippen molar-refractivity contribution in [1.82, 2.24) is 5.32 Å². The van der Waals surface area contributed by atoms with Gasteiger partial charge >= 0.3 is 0 Å². The van der Waals surface area contributed by atoms with E-state index in [1.165, 1.54) is 16.5 Å². The van der Waals surface area contributed by atoms with Crippen LogP contribution in [0.15, 0.2) is 30.3 Å². The Balaban J connectivity index is 1.33. The molecule has 0 spiro atoms. The van der Waals surface area contributed by atoms with E-state index < -0.39 is 21.7 Å². The molecule has 0 radical (unpaired) electrons. The maximum atomic E-state index is 13.3. The van der Waals surface area contributed by atoms with Gasteiger partial charge in [0, 0.05) is 29.0 Å². The fourth-order valence-corrected chi connectivity index (χ4v) is 7.23. The van der Waals surface area contributed by atoms with E-state index in [1.807, 2.05) is 12.1 Å². The maximum Gasteiger partial charge on any atom is 0.228 e. The third-order valence-electron chi connectivity index (χ3n) is 7.15. The van der Waals surface area contributed by atoms with Crippen LogP contribution in [0.25, 0.3) is 10.8 Å². The van der Waals surface area contributed by atoms with Crippen molar-refractivity contribution in [3.05, 3.63) is 41.5 Å². The largest absolute Gasteiger partial charge is 0.352 e. The van der Waals surface area contributed by atoms with Crippen molar-refractivity contribution in [2.24, 2.45) is 11.8 Å². The SMILES string of the molecule is O=C(Nc1ccc2c3c(cccc13)CC2)C1CCCCC1C(=O)NC1CCS(=O)(=O)C1. The number of carbonyl (C=O) groups excluding carboxylic acids is 2. The maximum absolute atomic E-state index is 13.3. The zero-order valence-electron chi connectivity index (χ0n) is 17.5. The van der Waals surface area contributed by atoms with Gasteiger partial charge in [-0.1, -0.05) is 37.1 Å². The Hall–Kier alpha value is -2.41. The van der Waals surface area contributed by atoms with Crippen LogP contribution in [0.5, 0.6) is 0 Å². The minimum absolute atomic E-state index is 0.00297. The van der Waals surface area contributed by atoms with Crippen LogP contribution in [0, 0.1) is 11.8 Å². The van der Waals surface area contributed by atoms with Crippen LogP contribution in [0.2, 0.25) is 0 Å². The van der Waals surface area contributed by atoms with Gasteiger partial charge in [0.1, 0.15) is 0 Å². The summed E-state index contributed by atoms with van der Waals surface area (Å²) in [6.07, 6.45) is 5.69. The smallest absolute Gasteiger partial charge is 0.228 e. The number of anilines is 1. The van der Waals surface area contributed by atoms with Crippen molar-refractivity contribution >= 4 is 38.1 Å². The van der Waals surface area contributed by atoms with Crippen molar-refractivity contribution in [3.8, 4) is 0 Å². The molecule has 2 aromatic rings. The highest BCUT2D eigenvalue weighted by Gasteiger charge is 2.38. The van der Waals surface area contributed by atoms with Crippen molar-refractivity contribution in [2.75, 3.05) is 16.8 Å². The van der Waals surface area contributed by atoms with Crippen LogP contribution in [-0.2, 0) is 32.3 Å². The molecule has 2 aliphatic carbocycles. The van der Waals surface area contributed by atoms with Gasteiger partial charge in [-0.2, -0.15) is 0 Å². The van der Waals surface area contributed by atoms with Crippen molar-refractivity contribution < 1.29 is 18.0 Å². The number of nitrogens with one attached hydrogen (secondary N) is 2. The van der Waals surface area contributed by atoms with Gasteiger partial charge in [0.25, 0.3) is 0 Å². The molecular weight excluding hydrogens is 412 g/mol. The van der Waals surface area contributed by atoms with Gasteiger partial charge in [-0.3, -0.25) is 9.59 Å². The average Bonchev–Trinajstić information content (AvgIpc) is 3.33. The molecule has 5 rings (SSSR count). The lowest BCUT2D eigenvalue weighted by molar-refractivity contribution is -0.134. The van der Waals surface area contributed by atoms with Gasteiger partial charge < -0.3 is 10.6 Å². The molecule has 31 heavy (non-hydrogen) atoms. The predicted molar refractivity (Wildman–Crippen MR) is 121 cm³/mol. The number of aryl methyl sites for hydroxylation is 2. The van der Waals surface area contributed by atoms with Gasteiger partial charge in [0.05, 0.1) is 11.5 Å². The minimum atomic E-state index is -3.06. The summed E-state index contributed by atoms with van der Waals surface area (Å²) in [7, 11) is -3.06. The first kappa shape index (κ1) is 20.5. The Morgan fingerprint density at radius 2 is 1.58 bits per heavy atom. The standard InChI is InChI=1S/C24H28N2O4S/c27-23(25-17-12-13-31(29,30)14-17)18-5-1-2-6-19(18)24(28)26-21-11-10-16-9-8-15-4-3-7-20(21)22(15)16/h3-4,7,10-11,17-19H,1-2,5-6,8-9,12-14H2,(H,25,27)(H,26,28). The Morgan fingerprint density at radius 1 is 0.871 bits per heavy atom. The van der Waals surface area contributed by atoms with Crippen molar-refractivity contribution in [1.29, 1.82) is 0 Å². The molecule has 0 bridgehead atoms. The van der Waals surface area contributed by atoms with E-state index >= 15 is 0 Å². The molecule has 3 aliphatic rings. The van der Waals surface area contributed by atoms with Crippen LogP contribution in [0.3, 0.4) is 0 Å². The minimum Gasteiger partial charge on any atom is -0.352 e. The summed E-state index contributed by atoms with van der Waals surface area (Å²) in [5.41, 5.74) is 3.45. The molecule has 1 aliphatic heterocycles. The average molecular weight is 441 g/mol. The zero-order chi connectivity index (χ0) is 21.6. The Morgan fingerprint density at radius 3 is 2.29 bits per heavy atom. The molecule has 2 fully saturated rings. The monoisotopic (exact) mass is 440 g/mol. The second-order valence-electron chi connectivity index (χ2n) is 9.21. The Bertz CT molecular complexity index is 1150. The Labute approximate surface area is 182 Å². The van der Waals surface area contributed by atoms with E-state index in [-0.39, 0.29) is 29.4 Å². The summed E-state index contributed by atoms with van der Waals surface area (Å²) >= 11 is 0. The number of rotatable bonds is 4. The highest BCUT2D eigenvalue weighted by atomic mass is 32.2. The van der Waals surface area contributed by atoms with Gasteiger partial charge in [0.2, 0.25) is 11.8 Å². The van der Waals surface area contributed by atoms with Gasteiger partial charge in [0.15, 0.2) is 9.84 Å². The summed E-state index contributed by atoms with van der Waals surface area (Å²) in [6, 6.07) is 9.98. The van der Waals surface area contributed by atoms with Crippen molar-refractivity contribution in [2.45, 2.75) is 51.0 Å². The summed E-state index contributed by atoms with van der Waals surface area (Å²) in [4.78, 5) is 26.2. The molecule has 1 saturated heterocycles. The predicted octanol–water partition coefficient (Wildman–Crippen LogP) is 2.99. The lowest BCUT2D eigenvalue weighted by Gasteiger charge is -2.30. The molecule has 0 aromatic heterocycles. The second kappa shape index (κ2) is 7.93. The zero-order valence-corrected chi connectivity index (χ0v) is 18.3. The highest BCUT2D eigenvalue weighted by Crippen LogP contribution is 2.36. The molecule has 2 N–H and O–H groups in total. The molecular formula is C24H28N2O4S. The molecule has 6 nitrogen and oxygen atoms in total. The molecule has 3 atom stereocenters. The summed E-state index contributed by atoms with van der Waals surface area (Å²) in [5.74, 6) is -0.968. The third-order valence-corrected chi connectivity index (χ3v) is 8.92.